The third-order valence-corrected chi connectivity index (χ3v) is 2.13. The summed E-state index contributed by atoms with van der Waals surface area (Å²) in [5.41, 5.74) is 1.27. The molecule has 0 aliphatic carbocycles. The van der Waals surface area contributed by atoms with E-state index in [1.54, 1.807) is 0 Å². The van der Waals surface area contributed by atoms with E-state index in [1.807, 2.05) is 6.07 Å². The smallest absolute Gasteiger partial charge is 0.0223 e. The maximum Gasteiger partial charge on any atom is 0.0223 e. The summed E-state index contributed by atoms with van der Waals surface area (Å²) in [5.74, 6) is 0.777. The third-order valence-electron chi connectivity index (χ3n) is 1.86. The predicted octanol–water partition coefficient (Wildman–Crippen LogP) is 4.11. The molecule has 0 amide bonds. The SMILES string of the molecule is ClCCCC/C=C/c1ccccc1. The van der Waals surface area contributed by atoms with E-state index in [1.165, 1.54) is 12.0 Å². The summed E-state index contributed by atoms with van der Waals surface area (Å²) in [5, 5.41) is 0. The van der Waals surface area contributed by atoms with Gasteiger partial charge in [0, 0.05) is 5.88 Å². The van der Waals surface area contributed by atoms with Crippen LogP contribution in [-0.2, 0) is 0 Å². The summed E-state index contributed by atoms with van der Waals surface area (Å²) >= 11 is 5.57. The van der Waals surface area contributed by atoms with Gasteiger partial charge in [-0.05, 0) is 24.8 Å². The fourth-order valence-corrected chi connectivity index (χ4v) is 1.33. The second kappa shape index (κ2) is 6.73. The summed E-state index contributed by atoms with van der Waals surface area (Å²) in [6.07, 6.45) is 7.80. The number of benzene rings is 1. The van der Waals surface area contributed by atoms with E-state index in [4.69, 9.17) is 11.6 Å². The summed E-state index contributed by atoms with van der Waals surface area (Å²) in [4.78, 5) is 0. The largest absolute Gasteiger partial charge is 0.127 e. The van der Waals surface area contributed by atoms with Crippen LogP contribution in [0.15, 0.2) is 36.4 Å². The van der Waals surface area contributed by atoms with E-state index in [0.717, 1.165) is 18.7 Å². The Morgan fingerprint density at radius 3 is 2.54 bits per heavy atom. The Morgan fingerprint density at radius 1 is 1.08 bits per heavy atom. The van der Waals surface area contributed by atoms with Crippen LogP contribution in [0.3, 0.4) is 0 Å². The molecule has 0 spiro atoms. The fourth-order valence-electron chi connectivity index (χ4n) is 1.14. The molecule has 0 fully saturated rings. The highest BCUT2D eigenvalue weighted by Crippen LogP contribution is 2.04. The molecular formula is C12H15Cl. The average Bonchev–Trinajstić information content (AvgIpc) is 2.19. The lowest BCUT2D eigenvalue weighted by Gasteiger charge is -1.92. The van der Waals surface area contributed by atoms with Gasteiger partial charge >= 0.3 is 0 Å². The standard InChI is InChI=1S/C12H15Cl/c13-11-7-2-1-4-8-12-9-5-3-6-10-12/h3-6,8-10H,1-2,7,11H2/b8-4+. The van der Waals surface area contributed by atoms with Crippen LogP contribution >= 0.6 is 11.6 Å². The molecule has 0 atom stereocenters. The molecule has 1 aromatic carbocycles. The van der Waals surface area contributed by atoms with Crippen molar-refractivity contribution in [1.82, 2.24) is 0 Å². The summed E-state index contributed by atoms with van der Waals surface area (Å²) in [6.45, 7) is 0. The van der Waals surface area contributed by atoms with Gasteiger partial charge < -0.3 is 0 Å². The van der Waals surface area contributed by atoms with Gasteiger partial charge in [-0.2, -0.15) is 0 Å². The van der Waals surface area contributed by atoms with Crippen molar-refractivity contribution in [3.8, 4) is 0 Å². The second-order valence-corrected chi connectivity index (χ2v) is 3.38. The van der Waals surface area contributed by atoms with Crippen molar-refractivity contribution in [1.29, 1.82) is 0 Å². The summed E-state index contributed by atoms with van der Waals surface area (Å²) in [6, 6.07) is 10.4. The number of allylic oxidation sites excluding steroid dienone is 1. The minimum absolute atomic E-state index is 0.777. The molecule has 0 heterocycles. The summed E-state index contributed by atoms with van der Waals surface area (Å²) in [7, 11) is 0. The van der Waals surface area contributed by atoms with Crippen molar-refractivity contribution in [2.45, 2.75) is 19.3 Å². The quantitative estimate of drug-likeness (QED) is 0.489. The molecule has 1 rings (SSSR count). The van der Waals surface area contributed by atoms with E-state index in [9.17, 15) is 0 Å². The zero-order chi connectivity index (χ0) is 9.36. The second-order valence-electron chi connectivity index (χ2n) is 3.00. The molecule has 0 radical (unpaired) electrons. The van der Waals surface area contributed by atoms with Crippen LogP contribution in [-0.4, -0.2) is 5.88 Å². The van der Waals surface area contributed by atoms with Crippen molar-refractivity contribution in [3.05, 3.63) is 42.0 Å². The fraction of sp³-hybridized carbons (Fsp3) is 0.333. The molecule has 1 heteroatoms. The van der Waals surface area contributed by atoms with Gasteiger partial charge in [-0.25, -0.2) is 0 Å². The van der Waals surface area contributed by atoms with E-state index in [2.05, 4.69) is 36.4 Å². The minimum atomic E-state index is 0.777. The van der Waals surface area contributed by atoms with Crippen LogP contribution in [0.1, 0.15) is 24.8 Å². The lowest BCUT2D eigenvalue weighted by atomic mass is 10.2. The predicted molar refractivity (Wildman–Crippen MR) is 60.0 cm³/mol. The Morgan fingerprint density at radius 2 is 1.85 bits per heavy atom. The van der Waals surface area contributed by atoms with Gasteiger partial charge in [0.2, 0.25) is 0 Å². The first kappa shape index (κ1) is 10.3. The number of rotatable bonds is 5. The molecule has 0 N–H and O–H groups in total. The molecule has 0 bridgehead atoms. The Balaban J connectivity index is 2.25. The van der Waals surface area contributed by atoms with Gasteiger partial charge in [0.05, 0.1) is 0 Å². The summed E-state index contributed by atoms with van der Waals surface area (Å²) < 4.78 is 0. The number of hydrogen-bond acceptors (Lipinski definition) is 0. The number of hydrogen-bond donors (Lipinski definition) is 0. The Hall–Kier alpha value is -0.750. The molecule has 70 valence electrons. The highest BCUT2D eigenvalue weighted by molar-refractivity contribution is 6.17. The topological polar surface area (TPSA) is 0 Å². The van der Waals surface area contributed by atoms with Crippen LogP contribution in [0, 0.1) is 0 Å². The third kappa shape index (κ3) is 4.74. The van der Waals surface area contributed by atoms with Crippen molar-refractivity contribution in [3.63, 3.8) is 0 Å². The van der Waals surface area contributed by atoms with Gasteiger partial charge in [-0.3, -0.25) is 0 Å². The monoisotopic (exact) mass is 194 g/mol. The van der Waals surface area contributed by atoms with Crippen LogP contribution in [0.4, 0.5) is 0 Å². The molecular weight excluding hydrogens is 180 g/mol. The molecule has 0 aromatic heterocycles. The molecule has 0 saturated carbocycles. The van der Waals surface area contributed by atoms with E-state index in [0.29, 0.717) is 0 Å². The maximum absolute atomic E-state index is 5.57. The van der Waals surface area contributed by atoms with Crippen molar-refractivity contribution < 1.29 is 0 Å². The molecule has 0 aliphatic rings. The molecule has 13 heavy (non-hydrogen) atoms. The van der Waals surface area contributed by atoms with Crippen molar-refractivity contribution in [2.24, 2.45) is 0 Å². The zero-order valence-corrected chi connectivity index (χ0v) is 8.50. The molecule has 0 saturated heterocycles. The molecule has 0 nitrogen and oxygen atoms in total. The van der Waals surface area contributed by atoms with Crippen molar-refractivity contribution in [2.75, 3.05) is 5.88 Å². The van der Waals surface area contributed by atoms with Gasteiger partial charge in [-0.15, -0.1) is 11.6 Å². The van der Waals surface area contributed by atoms with Gasteiger partial charge in [0.25, 0.3) is 0 Å². The van der Waals surface area contributed by atoms with Crippen molar-refractivity contribution >= 4 is 17.7 Å². The number of unbranched alkanes of at least 4 members (excludes halogenated alkanes) is 2. The first-order chi connectivity index (χ1) is 6.43. The van der Waals surface area contributed by atoms with Gasteiger partial charge in [0.1, 0.15) is 0 Å². The van der Waals surface area contributed by atoms with Crippen LogP contribution < -0.4 is 0 Å². The normalized spacial score (nSPS) is 10.8. The van der Waals surface area contributed by atoms with Gasteiger partial charge in [0.15, 0.2) is 0 Å². The molecule has 0 unspecified atom stereocenters. The molecule has 1 aromatic rings. The van der Waals surface area contributed by atoms with Gasteiger partial charge in [-0.1, -0.05) is 42.5 Å². The number of halogens is 1. The van der Waals surface area contributed by atoms with E-state index >= 15 is 0 Å². The minimum Gasteiger partial charge on any atom is -0.127 e. The Kier molecular flexibility index (Phi) is 5.35. The Bertz CT molecular complexity index is 239. The zero-order valence-electron chi connectivity index (χ0n) is 7.75. The van der Waals surface area contributed by atoms with Crippen LogP contribution in [0.2, 0.25) is 0 Å². The van der Waals surface area contributed by atoms with E-state index in [-0.39, 0.29) is 0 Å². The van der Waals surface area contributed by atoms with Crippen LogP contribution in [0.5, 0.6) is 0 Å². The first-order valence-corrected chi connectivity index (χ1v) is 5.24. The first-order valence-electron chi connectivity index (χ1n) is 4.71. The van der Waals surface area contributed by atoms with Crippen LogP contribution in [0.25, 0.3) is 6.08 Å². The molecule has 0 aliphatic heterocycles. The average molecular weight is 195 g/mol. The highest BCUT2D eigenvalue weighted by Gasteiger charge is 1.84. The lowest BCUT2D eigenvalue weighted by molar-refractivity contribution is 0.822. The highest BCUT2D eigenvalue weighted by atomic mass is 35.5. The Labute approximate surface area is 85.2 Å². The maximum atomic E-state index is 5.57. The lowest BCUT2D eigenvalue weighted by Crippen LogP contribution is -1.74. The number of alkyl halides is 1. The van der Waals surface area contributed by atoms with E-state index < -0.39 is 0 Å².